The van der Waals surface area contributed by atoms with E-state index in [-0.39, 0.29) is 49.1 Å². The summed E-state index contributed by atoms with van der Waals surface area (Å²) in [5.41, 5.74) is 6.34. The maximum absolute atomic E-state index is 11.9. The predicted octanol–water partition coefficient (Wildman–Crippen LogP) is 1.88. The van der Waals surface area contributed by atoms with E-state index >= 15 is 0 Å². The van der Waals surface area contributed by atoms with E-state index in [1.54, 1.807) is 30.5 Å². The third kappa shape index (κ3) is 7.75. The molecule has 0 fully saturated rings. The van der Waals surface area contributed by atoms with Gasteiger partial charge in [-0.1, -0.05) is 13.8 Å². The van der Waals surface area contributed by atoms with E-state index in [0.29, 0.717) is 18.0 Å². The van der Waals surface area contributed by atoms with Gasteiger partial charge < -0.3 is 25.7 Å². The number of benzene rings is 1. The number of nitrogens with two attached hydrogens (primary N) is 1. The van der Waals surface area contributed by atoms with Gasteiger partial charge in [0.05, 0.1) is 12.6 Å². The van der Waals surface area contributed by atoms with E-state index < -0.39 is 6.04 Å². The van der Waals surface area contributed by atoms with Crippen molar-refractivity contribution in [3.8, 4) is 5.75 Å². The molecule has 8 nitrogen and oxygen atoms in total. The lowest BCUT2D eigenvalue weighted by Crippen LogP contribution is -2.46. The molecule has 0 unspecified atom stereocenters. The van der Waals surface area contributed by atoms with Gasteiger partial charge in [0.2, 0.25) is 11.8 Å². The summed E-state index contributed by atoms with van der Waals surface area (Å²) in [4.78, 5) is 27.8. The number of hydrogen-bond acceptors (Lipinski definition) is 5. The third-order valence-electron chi connectivity index (χ3n) is 3.87. The Kier molecular flexibility index (Phi) is 11.2. The van der Waals surface area contributed by atoms with Crippen molar-refractivity contribution in [3.05, 3.63) is 42.5 Å². The number of nitrogens with one attached hydrogen (secondary N) is 2. The first-order valence-electron chi connectivity index (χ1n) is 8.39. The summed E-state index contributed by atoms with van der Waals surface area (Å²) >= 11 is 0. The summed E-state index contributed by atoms with van der Waals surface area (Å²) in [5.74, 6) is 0.834. The van der Waals surface area contributed by atoms with Crippen LogP contribution in [-0.4, -0.2) is 34.0 Å². The maximum atomic E-state index is 11.9. The number of halogens is 2. The molecule has 1 aromatic heterocycles. The van der Waals surface area contributed by atoms with Gasteiger partial charge in [-0.3, -0.25) is 9.59 Å². The van der Waals surface area contributed by atoms with Gasteiger partial charge in [-0.2, -0.15) is 0 Å². The predicted molar refractivity (Wildman–Crippen MR) is 113 cm³/mol. The van der Waals surface area contributed by atoms with E-state index in [2.05, 4.69) is 15.6 Å². The van der Waals surface area contributed by atoms with Crippen molar-refractivity contribution < 1.29 is 14.3 Å². The van der Waals surface area contributed by atoms with Gasteiger partial charge in [0.15, 0.2) is 0 Å². The zero-order valence-electron chi connectivity index (χ0n) is 16.0. The van der Waals surface area contributed by atoms with E-state index in [9.17, 15) is 9.59 Å². The quantitative estimate of drug-likeness (QED) is 0.590. The zero-order chi connectivity index (χ0) is 19.1. The molecule has 1 heterocycles. The number of hydrogen-bond donors (Lipinski definition) is 3. The minimum Gasteiger partial charge on any atom is -0.486 e. The molecule has 0 aliphatic carbocycles. The number of amides is 2. The molecular formula is C18H27Cl2N5O3. The standard InChI is InChI=1S/C18H25N5O3.2ClH/c1-12(2)17(19)18(25)21-10-16(24)22-13-4-6-14(7-5-13)26-11-15-20-8-9-23(15)3;;/h4-9,12,17H,10-11,19H2,1-3H3,(H,21,25)(H,22,24);2*1H/t17-;;/m0../s1. The Hall–Kier alpha value is -2.29. The molecule has 10 heteroatoms. The molecule has 1 atom stereocenters. The highest BCUT2D eigenvalue weighted by atomic mass is 35.5. The van der Waals surface area contributed by atoms with Crippen molar-refractivity contribution in [1.82, 2.24) is 14.9 Å². The summed E-state index contributed by atoms with van der Waals surface area (Å²) in [7, 11) is 1.90. The SMILES string of the molecule is CC(C)[C@H](N)C(=O)NCC(=O)Nc1ccc(OCc2nccn2C)cc1.Cl.Cl. The molecule has 0 saturated heterocycles. The monoisotopic (exact) mass is 431 g/mol. The average Bonchev–Trinajstić information content (AvgIpc) is 3.03. The van der Waals surface area contributed by atoms with Gasteiger partial charge in [0.1, 0.15) is 18.2 Å². The highest BCUT2D eigenvalue weighted by Gasteiger charge is 2.17. The summed E-state index contributed by atoms with van der Waals surface area (Å²) in [6, 6.07) is 6.34. The van der Waals surface area contributed by atoms with Crippen LogP contribution in [0.15, 0.2) is 36.7 Å². The van der Waals surface area contributed by atoms with Crippen LogP contribution in [-0.2, 0) is 23.2 Å². The fourth-order valence-electron chi connectivity index (χ4n) is 2.11. The van der Waals surface area contributed by atoms with Crippen molar-refractivity contribution in [2.24, 2.45) is 18.7 Å². The first-order valence-corrected chi connectivity index (χ1v) is 8.39. The first kappa shape index (κ1) is 25.7. The van der Waals surface area contributed by atoms with E-state index in [1.807, 2.05) is 31.7 Å². The minimum atomic E-state index is -0.627. The highest BCUT2D eigenvalue weighted by Crippen LogP contribution is 2.16. The van der Waals surface area contributed by atoms with Crippen molar-refractivity contribution in [3.63, 3.8) is 0 Å². The summed E-state index contributed by atoms with van der Waals surface area (Å²) in [5, 5.41) is 5.23. The van der Waals surface area contributed by atoms with Crippen molar-refractivity contribution in [2.45, 2.75) is 26.5 Å². The Bertz CT molecular complexity index is 750. The Morgan fingerprint density at radius 3 is 2.39 bits per heavy atom. The minimum absolute atomic E-state index is 0. The van der Waals surface area contributed by atoms with Crippen LogP contribution in [0.4, 0.5) is 5.69 Å². The molecule has 0 aliphatic heterocycles. The Morgan fingerprint density at radius 2 is 1.86 bits per heavy atom. The third-order valence-corrected chi connectivity index (χ3v) is 3.87. The normalized spacial score (nSPS) is 11.0. The lowest BCUT2D eigenvalue weighted by Gasteiger charge is -2.15. The van der Waals surface area contributed by atoms with Gasteiger partial charge in [-0.15, -0.1) is 24.8 Å². The van der Waals surface area contributed by atoms with Crippen LogP contribution in [0.25, 0.3) is 0 Å². The Morgan fingerprint density at radius 1 is 1.21 bits per heavy atom. The van der Waals surface area contributed by atoms with Gasteiger partial charge in [-0.05, 0) is 30.2 Å². The van der Waals surface area contributed by atoms with Gasteiger partial charge in [0.25, 0.3) is 0 Å². The fourth-order valence-corrected chi connectivity index (χ4v) is 2.11. The van der Waals surface area contributed by atoms with E-state index in [1.165, 1.54) is 0 Å². The second-order valence-electron chi connectivity index (χ2n) is 6.30. The van der Waals surface area contributed by atoms with Crippen LogP contribution in [0.5, 0.6) is 5.75 Å². The molecule has 2 rings (SSSR count). The van der Waals surface area contributed by atoms with Crippen LogP contribution < -0.4 is 21.1 Å². The Balaban J connectivity index is 0.00000364. The van der Waals surface area contributed by atoms with Crippen LogP contribution >= 0.6 is 24.8 Å². The van der Waals surface area contributed by atoms with Crippen LogP contribution in [0.2, 0.25) is 0 Å². The van der Waals surface area contributed by atoms with Crippen LogP contribution in [0, 0.1) is 5.92 Å². The zero-order valence-corrected chi connectivity index (χ0v) is 17.7. The van der Waals surface area contributed by atoms with E-state index in [0.717, 1.165) is 5.82 Å². The maximum Gasteiger partial charge on any atom is 0.243 e. The molecule has 4 N–H and O–H groups in total. The van der Waals surface area contributed by atoms with Crippen molar-refractivity contribution in [1.29, 1.82) is 0 Å². The molecular weight excluding hydrogens is 405 g/mol. The fraction of sp³-hybridized carbons (Fsp3) is 0.389. The second kappa shape index (κ2) is 12.2. The molecule has 28 heavy (non-hydrogen) atoms. The van der Waals surface area contributed by atoms with Gasteiger partial charge >= 0.3 is 0 Å². The van der Waals surface area contributed by atoms with Crippen LogP contribution in [0.1, 0.15) is 19.7 Å². The molecule has 0 radical (unpaired) electrons. The molecule has 2 amide bonds. The molecule has 1 aromatic carbocycles. The van der Waals surface area contributed by atoms with Crippen molar-refractivity contribution in [2.75, 3.05) is 11.9 Å². The number of aryl methyl sites for hydroxylation is 1. The number of nitrogens with zero attached hydrogens (tertiary/aromatic N) is 2. The van der Waals surface area contributed by atoms with Crippen molar-refractivity contribution >= 4 is 42.3 Å². The van der Waals surface area contributed by atoms with Crippen LogP contribution in [0.3, 0.4) is 0 Å². The largest absolute Gasteiger partial charge is 0.486 e. The molecule has 156 valence electrons. The molecule has 0 aliphatic rings. The second-order valence-corrected chi connectivity index (χ2v) is 6.30. The number of imidazole rings is 1. The summed E-state index contributed by atoms with van der Waals surface area (Å²) in [6.45, 7) is 3.93. The summed E-state index contributed by atoms with van der Waals surface area (Å²) in [6.07, 6.45) is 3.56. The number of anilines is 1. The number of carbonyl (C=O) groups is 2. The molecule has 2 aromatic rings. The first-order chi connectivity index (χ1) is 12.4. The lowest BCUT2D eigenvalue weighted by molar-refractivity contribution is -0.125. The molecule has 0 spiro atoms. The smallest absolute Gasteiger partial charge is 0.243 e. The number of ether oxygens (including phenoxy) is 1. The lowest BCUT2D eigenvalue weighted by atomic mass is 10.1. The summed E-state index contributed by atoms with van der Waals surface area (Å²) < 4.78 is 7.53. The number of rotatable bonds is 8. The Labute approximate surface area is 177 Å². The highest BCUT2D eigenvalue weighted by molar-refractivity contribution is 5.95. The topological polar surface area (TPSA) is 111 Å². The average molecular weight is 432 g/mol. The molecule has 0 bridgehead atoms. The van der Waals surface area contributed by atoms with Gasteiger partial charge in [0, 0.05) is 25.1 Å². The molecule has 0 saturated carbocycles. The number of carbonyl (C=O) groups excluding carboxylic acids is 2. The van der Waals surface area contributed by atoms with E-state index in [4.69, 9.17) is 10.5 Å². The number of aromatic nitrogens is 2. The van der Waals surface area contributed by atoms with Gasteiger partial charge in [-0.25, -0.2) is 4.98 Å².